The number of allylic oxidation sites excluding steroid dienone is 1. The van der Waals surface area contributed by atoms with Gasteiger partial charge in [0.2, 0.25) is 11.9 Å². The highest BCUT2D eigenvalue weighted by atomic mass is 16.2. The Bertz CT molecular complexity index is 784. The van der Waals surface area contributed by atoms with Crippen LogP contribution in [0.25, 0.3) is 0 Å². The highest BCUT2D eigenvalue weighted by Crippen LogP contribution is 2.23. The first kappa shape index (κ1) is 16.8. The van der Waals surface area contributed by atoms with Gasteiger partial charge < -0.3 is 10.2 Å². The number of carbonyl (C=O) groups excluding carboxylic acids is 1. The van der Waals surface area contributed by atoms with Crippen molar-refractivity contribution in [3.8, 4) is 0 Å². The standard InChI is InChI=1S/C19H24N6O/c26-18(16-5-2-1-3-6-16)24-12-15(11-22-19-20-8-4-9-21-19)13-25-17(14-24)7-10-23-25/h4-5,7-10,15H,1-3,6,11-14H2,(H,20,21,22)/t15-/m1/s1. The zero-order chi connectivity index (χ0) is 17.8. The summed E-state index contributed by atoms with van der Waals surface area (Å²) >= 11 is 0. The molecule has 4 rings (SSSR count). The minimum absolute atomic E-state index is 0.181. The molecule has 0 fully saturated rings. The Hall–Kier alpha value is -2.70. The summed E-state index contributed by atoms with van der Waals surface area (Å²) in [7, 11) is 0. The molecule has 2 aliphatic rings. The van der Waals surface area contributed by atoms with Crippen molar-refractivity contribution in [3.05, 3.63) is 48.1 Å². The second kappa shape index (κ2) is 7.68. The molecule has 2 aromatic heterocycles. The van der Waals surface area contributed by atoms with Crippen molar-refractivity contribution in [2.75, 3.05) is 18.4 Å². The Kier molecular flexibility index (Phi) is 4.95. The Morgan fingerprint density at radius 3 is 2.88 bits per heavy atom. The van der Waals surface area contributed by atoms with Crippen LogP contribution in [0, 0.1) is 5.92 Å². The van der Waals surface area contributed by atoms with E-state index in [2.05, 4.69) is 26.5 Å². The van der Waals surface area contributed by atoms with Gasteiger partial charge in [0, 0.05) is 49.7 Å². The van der Waals surface area contributed by atoms with Crippen LogP contribution in [0.15, 0.2) is 42.4 Å². The van der Waals surface area contributed by atoms with Crippen molar-refractivity contribution in [2.45, 2.75) is 38.8 Å². The number of nitrogens with zero attached hydrogens (tertiary/aromatic N) is 5. The van der Waals surface area contributed by atoms with Gasteiger partial charge in [-0.3, -0.25) is 9.48 Å². The SMILES string of the molecule is O=C(C1=CCCCC1)N1Cc2ccnn2C[C@H](CNc2ncccn2)C1. The quantitative estimate of drug-likeness (QED) is 0.913. The van der Waals surface area contributed by atoms with Crippen LogP contribution in [0.2, 0.25) is 0 Å². The van der Waals surface area contributed by atoms with Crippen molar-refractivity contribution >= 4 is 11.9 Å². The van der Waals surface area contributed by atoms with E-state index in [0.717, 1.165) is 37.1 Å². The molecule has 1 aliphatic carbocycles. The van der Waals surface area contributed by atoms with Crippen LogP contribution in [0.3, 0.4) is 0 Å². The van der Waals surface area contributed by atoms with Crippen LogP contribution in [0.4, 0.5) is 5.95 Å². The number of carbonyl (C=O) groups is 1. The zero-order valence-corrected chi connectivity index (χ0v) is 14.8. The maximum Gasteiger partial charge on any atom is 0.249 e. The second-order valence-corrected chi connectivity index (χ2v) is 6.98. The molecule has 1 atom stereocenters. The molecule has 136 valence electrons. The number of rotatable bonds is 4. The Morgan fingerprint density at radius 1 is 1.19 bits per heavy atom. The van der Waals surface area contributed by atoms with Gasteiger partial charge in [-0.15, -0.1) is 0 Å². The summed E-state index contributed by atoms with van der Waals surface area (Å²) in [4.78, 5) is 23.5. The smallest absolute Gasteiger partial charge is 0.249 e. The number of fused-ring (bicyclic) bond motifs is 1. The number of nitrogens with one attached hydrogen (secondary N) is 1. The van der Waals surface area contributed by atoms with E-state index in [1.807, 2.05) is 21.8 Å². The lowest BCUT2D eigenvalue weighted by Gasteiger charge is -2.26. The molecule has 0 unspecified atom stereocenters. The molecule has 1 amide bonds. The largest absolute Gasteiger partial charge is 0.354 e. The third-order valence-electron chi connectivity index (χ3n) is 5.03. The molecule has 7 nitrogen and oxygen atoms in total. The van der Waals surface area contributed by atoms with Crippen molar-refractivity contribution in [2.24, 2.45) is 5.92 Å². The number of hydrogen-bond acceptors (Lipinski definition) is 5. The first-order valence-electron chi connectivity index (χ1n) is 9.29. The summed E-state index contributed by atoms with van der Waals surface area (Å²) in [6, 6.07) is 3.80. The molecule has 1 aliphatic heterocycles. The Morgan fingerprint density at radius 2 is 2.08 bits per heavy atom. The van der Waals surface area contributed by atoms with Crippen molar-refractivity contribution in [3.63, 3.8) is 0 Å². The average molecular weight is 352 g/mol. The lowest BCUT2D eigenvalue weighted by atomic mass is 9.98. The molecule has 0 radical (unpaired) electrons. The summed E-state index contributed by atoms with van der Waals surface area (Å²) < 4.78 is 2.01. The molecule has 3 heterocycles. The molecule has 1 N–H and O–H groups in total. The molecule has 0 saturated carbocycles. The fourth-order valence-corrected chi connectivity index (χ4v) is 3.68. The minimum atomic E-state index is 0.181. The lowest BCUT2D eigenvalue weighted by molar-refractivity contribution is -0.128. The Balaban J connectivity index is 1.49. The summed E-state index contributed by atoms with van der Waals surface area (Å²) in [5, 5.41) is 7.72. The van der Waals surface area contributed by atoms with Gasteiger partial charge in [-0.2, -0.15) is 5.10 Å². The highest BCUT2D eigenvalue weighted by molar-refractivity contribution is 5.93. The summed E-state index contributed by atoms with van der Waals surface area (Å²) in [5.74, 6) is 1.04. The van der Waals surface area contributed by atoms with E-state index >= 15 is 0 Å². The van der Waals surface area contributed by atoms with Crippen molar-refractivity contribution in [1.29, 1.82) is 0 Å². The number of anilines is 1. The molecule has 0 spiro atoms. The molecular weight excluding hydrogens is 328 g/mol. The molecule has 0 aromatic carbocycles. The molecule has 7 heteroatoms. The van der Waals surface area contributed by atoms with Crippen LogP contribution in [-0.2, 0) is 17.9 Å². The fraction of sp³-hybridized carbons (Fsp3) is 0.474. The van der Waals surface area contributed by atoms with Crippen molar-refractivity contribution in [1.82, 2.24) is 24.6 Å². The van der Waals surface area contributed by atoms with Crippen LogP contribution in [-0.4, -0.2) is 43.6 Å². The highest BCUT2D eigenvalue weighted by Gasteiger charge is 2.27. The summed E-state index contributed by atoms with van der Waals surface area (Å²) in [6.45, 7) is 2.81. The first-order valence-corrected chi connectivity index (χ1v) is 9.29. The maximum absolute atomic E-state index is 13.0. The second-order valence-electron chi connectivity index (χ2n) is 6.98. The van der Waals surface area contributed by atoms with Gasteiger partial charge in [-0.1, -0.05) is 6.08 Å². The first-order chi connectivity index (χ1) is 12.8. The number of amides is 1. The third kappa shape index (κ3) is 3.76. The average Bonchev–Trinajstić information content (AvgIpc) is 3.05. The maximum atomic E-state index is 13.0. The van der Waals surface area contributed by atoms with E-state index in [9.17, 15) is 4.79 Å². The monoisotopic (exact) mass is 352 g/mol. The van der Waals surface area contributed by atoms with Gasteiger partial charge in [0.25, 0.3) is 0 Å². The molecule has 26 heavy (non-hydrogen) atoms. The molecular formula is C19H24N6O. The van der Waals surface area contributed by atoms with Crippen LogP contribution >= 0.6 is 0 Å². The van der Waals surface area contributed by atoms with E-state index in [4.69, 9.17) is 0 Å². The topological polar surface area (TPSA) is 75.9 Å². The molecule has 0 bridgehead atoms. The normalized spacial score (nSPS) is 20.1. The van der Waals surface area contributed by atoms with E-state index in [1.165, 1.54) is 6.42 Å². The number of aromatic nitrogens is 4. The van der Waals surface area contributed by atoms with Gasteiger partial charge in [-0.25, -0.2) is 9.97 Å². The zero-order valence-electron chi connectivity index (χ0n) is 14.8. The third-order valence-corrected chi connectivity index (χ3v) is 5.03. The van der Waals surface area contributed by atoms with Crippen LogP contribution in [0.5, 0.6) is 0 Å². The van der Waals surface area contributed by atoms with E-state index in [-0.39, 0.29) is 11.8 Å². The van der Waals surface area contributed by atoms with E-state index < -0.39 is 0 Å². The minimum Gasteiger partial charge on any atom is -0.354 e. The van der Waals surface area contributed by atoms with Gasteiger partial charge in [0.05, 0.1) is 12.2 Å². The predicted molar refractivity (Wildman–Crippen MR) is 98.2 cm³/mol. The lowest BCUT2D eigenvalue weighted by Crippen LogP contribution is -2.37. The van der Waals surface area contributed by atoms with Gasteiger partial charge in [-0.05, 0) is 37.8 Å². The number of hydrogen-bond donors (Lipinski definition) is 1. The predicted octanol–water partition coefficient (Wildman–Crippen LogP) is 2.24. The molecule has 0 saturated heterocycles. The van der Waals surface area contributed by atoms with E-state index in [1.54, 1.807) is 18.5 Å². The fourth-order valence-electron chi connectivity index (χ4n) is 3.68. The van der Waals surface area contributed by atoms with Gasteiger partial charge >= 0.3 is 0 Å². The van der Waals surface area contributed by atoms with Crippen LogP contribution in [0.1, 0.15) is 31.4 Å². The van der Waals surface area contributed by atoms with E-state index in [0.29, 0.717) is 25.6 Å². The summed E-state index contributed by atoms with van der Waals surface area (Å²) in [6.07, 6.45) is 11.6. The van der Waals surface area contributed by atoms with Crippen LogP contribution < -0.4 is 5.32 Å². The van der Waals surface area contributed by atoms with Gasteiger partial charge in [0.15, 0.2) is 0 Å². The molecule has 2 aromatic rings. The van der Waals surface area contributed by atoms with Crippen molar-refractivity contribution < 1.29 is 4.79 Å². The summed E-state index contributed by atoms with van der Waals surface area (Å²) in [5.41, 5.74) is 2.07. The van der Waals surface area contributed by atoms with Gasteiger partial charge in [0.1, 0.15) is 0 Å². The Labute approximate surface area is 153 Å².